The third-order valence-electron chi connectivity index (χ3n) is 5.15. The first-order valence-electron chi connectivity index (χ1n) is 9.73. The highest BCUT2D eigenvalue weighted by molar-refractivity contribution is 5.57. The molecule has 2 aromatic carbocycles. The fraction of sp³-hybridized carbons (Fsp3) is 0.304. The molecule has 138 valence electrons. The first-order valence-corrected chi connectivity index (χ1v) is 9.73. The number of rotatable bonds is 5. The molecule has 0 amide bonds. The van der Waals surface area contributed by atoms with Crippen LogP contribution in [0.5, 0.6) is 0 Å². The Morgan fingerprint density at radius 1 is 0.926 bits per heavy atom. The van der Waals surface area contributed by atoms with E-state index in [1.165, 1.54) is 24.8 Å². The Morgan fingerprint density at radius 2 is 1.59 bits per heavy atom. The number of hydrogen-bond donors (Lipinski definition) is 1. The first-order chi connectivity index (χ1) is 13.3. The molecule has 1 aliphatic rings. The van der Waals surface area contributed by atoms with E-state index in [2.05, 4.69) is 45.5 Å². The second kappa shape index (κ2) is 8.21. The van der Waals surface area contributed by atoms with E-state index in [0.29, 0.717) is 0 Å². The summed E-state index contributed by atoms with van der Waals surface area (Å²) in [5.41, 5.74) is 3.48. The fourth-order valence-corrected chi connectivity index (χ4v) is 3.71. The van der Waals surface area contributed by atoms with Gasteiger partial charge >= 0.3 is 0 Å². The quantitative estimate of drug-likeness (QED) is 0.698. The van der Waals surface area contributed by atoms with Crippen molar-refractivity contribution in [3.63, 3.8) is 0 Å². The zero-order valence-electron chi connectivity index (χ0n) is 15.8. The summed E-state index contributed by atoms with van der Waals surface area (Å²) >= 11 is 0. The monoisotopic (exact) mass is 358 g/mol. The van der Waals surface area contributed by atoms with E-state index >= 15 is 0 Å². The first kappa shape index (κ1) is 17.5. The molecule has 0 bridgehead atoms. The van der Waals surface area contributed by atoms with Crippen molar-refractivity contribution >= 4 is 17.5 Å². The van der Waals surface area contributed by atoms with Crippen LogP contribution < -0.4 is 10.2 Å². The number of nitrogens with zero attached hydrogens (tertiary/aromatic N) is 3. The van der Waals surface area contributed by atoms with E-state index in [9.17, 15) is 0 Å². The van der Waals surface area contributed by atoms with Gasteiger partial charge in [0, 0.05) is 30.5 Å². The number of anilines is 3. The van der Waals surface area contributed by atoms with Gasteiger partial charge in [0.15, 0.2) is 0 Å². The Balaban J connectivity index is 1.40. The summed E-state index contributed by atoms with van der Waals surface area (Å²) in [6.45, 7) is 4.07. The van der Waals surface area contributed by atoms with Gasteiger partial charge in [-0.05, 0) is 49.8 Å². The molecular formula is C23H26N4. The van der Waals surface area contributed by atoms with Crippen LogP contribution in [0.1, 0.15) is 24.1 Å². The molecule has 1 fully saturated rings. The van der Waals surface area contributed by atoms with Crippen LogP contribution in [0.3, 0.4) is 0 Å². The van der Waals surface area contributed by atoms with Crippen LogP contribution in [0.25, 0.3) is 0 Å². The van der Waals surface area contributed by atoms with Crippen molar-refractivity contribution in [2.75, 3.05) is 23.3 Å². The summed E-state index contributed by atoms with van der Waals surface area (Å²) in [4.78, 5) is 11.8. The summed E-state index contributed by atoms with van der Waals surface area (Å²) in [6.07, 6.45) is 3.55. The highest BCUT2D eigenvalue weighted by Crippen LogP contribution is 2.25. The standard InChI is InChI=1S/C23H26N4/c1-18-16-22(25-21-10-6-3-7-11-21)26-23(24-18)27-14-12-20(13-15-27)17-19-8-4-2-5-9-19/h2-11,16,20H,12-15,17H2,1H3,(H,24,25,26). The van der Waals surface area contributed by atoms with E-state index in [0.717, 1.165) is 42.2 Å². The molecule has 0 saturated carbocycles. The molecule has 0 spiro atoms. The van der Waals surface area contributed by atoms with Gasteiger partial charge in [-0.25, -0.2) is 4.98 Å². The van der Waals surface area contributed by atoms with Crippen molar-refractivity contribution in [2.24, 2.45) is 5.92 Å². The number of piperidine rings is 1. The number of aryl methyl sites for hydroxylation is 1. The van der Waals surface area contributed by atoms with Gasteiger partial charge in [-0.2, -0.15) is 4.98 Å². The lowest BCUT2D eigenvalue weighted by molar-refractivity contribution is 0.400. The third kappa shape index (κ3) is 4.64. The zero-order valence-corrected chi connectivity index (χ0v) is 15.8. The Morgan fingerprint density at radius 3 is 2.30 bits per heavy atom. The Labute approximate surface area is 161 Å². The van der Waals surface area contributed by atoms with E-state index in [-0.39, 0.29) is 0 Å². The smallest absolute Gasteiger partial charge is 0.227 e. The minimum absolute atomic E-state index is 0.746. The number of para-hydroxylation sites is 1. The molecule has 0 unspecified atom stereocenters. The second-order valence-corrected chi connectivity index (χ2v) is 7.31. The van der Waals surface area contributed by atoms with Crippen LogP contribution in [-0.2, 0) is 6.42 Å². The van der Waals surface area contributed by atoms with Gasteiger partial charge in [0.1, 0.15) is 5.82 Å². The molecule has 3 aromatic rings. The minimum Gasteiger partial charge on any atom is -0.341 e. The van der Waals surface area contributed by atoms with Gasteiger partial charge < -0.3 is 10.2 Å². The molecule has 0 radical (unpaired) electrons. The molecule has 0 aliphatic carbocycles. The fourth-order valence-electron chi connectivity index (χ4n) is 3.71. The largest absolute Gasteiger partial charge is 0.341 e. The highest BCUT2D eigenvalue weighted by Gasteiger charge is 2.21. The van der Waals surface area contributed by atoms with Gasteiger partial charge in [-0.1, -0.05) is 48.5 Å². The summed E-state index contributed by atoms with van der Waals surface area (Å²) in [6, 6.07) is 23.0. The summed E-state index contributed by atoms with van der Waals surface area (Å²) < 4.78 is 0. The summed E-state index contributed by atoms with van der Waals surface area (Å²) in [7, 11) is 0. The molecule has 1 N–H and O–H groups in total. The maximum atomic E-state index is 4.77. The molecule has 4 nitrogen and oxygen atoms in total. The average Bonchev–Trinajstić information content (AvgIpc) is 2.70. The summed E-state index contributed by atoms with van der Waals surface area (Å²) in [5, 5.41) is 3.39. The van der Waals surface area contributed by atoms with Crippen LogP contribution in [0, 0.1) is 12.8 Å². The molecule has 4 rings (SSSR count). The molecule has 0 atom stereocenters. The highest BCUT2D eigenvalue weighted by atomic mass is 15.3. The van der Waals surface area contributed by atoms with E-state index in [1.54, 1.807) is 0 Å². The Hall–Kier alpha value is -2.88. The van der Waals surface area contributed by atoms with Crippen molar-refractivity contribution in [1.82, 2.24) is 9.97 Å². The van der Waals surface area contributed by atoms with E-state index in [4.69, 9.17) is 4.98 Å². The predicted octanol–water partition coefficient (Wildman–Crippen LogP) is 4.99. The van der Waals surface area contributed by atoms with E-state index < -0.39 is 0 Å². The minimum atomic E-state index is 0.746. The zero-order chi connectivity index (χ0) is 18.5. The molecule has 4 heteroatoms. The Bertz CT molecular complexity index is 856. The molecule has 27 heavy (non-hydrogen) atoms. The van der Waals surface area contributed by atoms with Crippen LogP contribution in [0.4, 0.5) is 17.5 Å². The van der Waals surface area contributed by atoms with Crippen molar-refractivity contribution in [3.05, 3.63) is 78.0 Å². The Kier molecular flexibility index (Phi) is 5.33. The summed E-state index contributed by atoms with van der Waals surface area (Å²) in [5.74, 6) is 2.44. The van der Waals surface area contributed by atoms with Crippen LogP contribution in [0.15, 0.2) is 66.7 Å². The molecule has 1 saturated heterocycles. The molecule has 2 heterocycles. The third-order valence-corrected chi connectivity index (χ3v) is 5.15. The van der Waals surface area contributed by atoms with Crippen LogP contribution >= 0.6 is 0 Å². The topological polar surface area (TPSA) is 41.1 Å². The second-order valence-electron chi connectivity index (χ2n) is 7.31. The van der Waals surface area contributed by atoms with Gasteiger partial charge in [0.25, 0.3) is 0 Å². The van der Waals surface area contributed by atoms with Gasteiger partial charge in [0.05, 0.1) is 0 Å². The van der Waals surface area contributed by atoms with Crippen LogP contribution in [-0.4, -0.2) is 23.1 Å². The normalized spacial score (nSPS) is 14.9. The number of hydrogen-bond acceptors (Lipinski definition) is 4. The van der Waals surface area contributed by atoms with Crippen molar-refractivity contribution in [1.29, 1.82) is 0 Å². The van der Waals surface area contributed by atoms with Gasteiger partial charge in [-0.3, -0.25) is 0 Å². The lowest BCUT2D eigenvalue weighted by Gasteiger charge is -2.32. The molecule has 1 aliphatic heterocycles. The number of aromatic nitrogens is 2. The van der Waals surface area contributed by atoms with Crippen molar-refractivity contribution in [2.45, 2.75) is 26.2 Å². The lowest BCUT2D eigenvalue weighted by Crippen LogP contribution is -2.35. The van der Waals surface area contributed by atoms with Gasteiger partial charge in [-0.15, -0.1) is 0 Å². The van der Waals surface area contributed by atoms with Gasteiger partial charge in [0.2, 0.25) is 5.95 Å². The number of nitrogens with one attached hydrogen (secondary N) is 1. The lowest BCUT2D eigenvalue weighted by atomic mass is 9.90. The maximum Gasteiger partial charge on any atom is 0.227 e. The number of benzene rings is 2. The SMILES string of the molecule is Cc1cc(Nc2ccccc2)nc(N2CCC(Cc3ccccc3)CC2)n1. The molecular weight excluding hydrogens is 332 g/mol. The molecule has 1 aromatic heterocycles. The van der Waals surface area contributed by atoms with Crippen molar-refractivity contribution < 1.29 is 0 Å². The van der Waals surface area contributed by atoms with E-state index in [1.807, 2.05) is 43.3 Å². The average molecular weight is 358 g/mol. The van der Waals surface area contributed by atoms with Crippen molar-refractivity contribution in [3.8, 4) is 0 Å². The van der Waals surface area contributed by atoms with Crippen LogP contribution in [0.2, 0.25) is 0 Å². The maximum absolute atomic E-state index is 4.77. The predicted molar refractivity (Wildman–Crippen MR) is 112 cm³/mol.